The second kappa shape index (κ2) is 7.07. The highest BCUT2D eigenvalue weighted by molar-refractivity contribution is 5.75. The maximum absolute atomic E-state index is 4.83. The Morgan fingerprint density at radius 2 is 1.52 bits per heavy atom. The lowest BCUT2D eigenvalue weighted by Crippen LogP contribution is -2.46. The Kier molecular flexibility index (Phi) is 4.29. The van der Waals surface area contributed by atoms with Gasteiger partial charge in [-0.15, -0.1) is 0 Å². The van der Waals surface area contributed by atoms with Gasteiger partial charge in [-0.05, 0) is 34.8 Å². The van der Waals surface area contributed by atoms with Crippen LogP contribution in [0.25, 0.3) is 11.3 Å². The molecule has 0 N–H and O–H groups in total. The molecule has 0 bridgehead atoms. The van der Waals surface area contributed by atoms with Gasteiger partial charge in [0.1, 0.15) is 0 Å². The van der Waals surface area contributed by atoms with Crippen molar-refractivity contribution in [1.29, 1.82) is 0 Å². The highest BCUT2D eigenvalue weighted by atomic mass is 16.6. The number of hydrogen-bond acceptors (Lipinski definition) is 9. The van der Waals surface area contributed by atoms with Crippen molar-refractivity contribution in [3.8, 4) is 0 Å². The Bertz CT molecular complexity index is 900. The van der Waals surface area contributed by atoms with E-state index in [0.29, 0.717) is 11.3 Å². The molecule has 5 rings (SSSR count). The Balaban J connectivity index is 1.35. The maximum atomic E-state index is 4.83. The zero-order valence-corrected chi connectivity index (χ0v) is 15.2. The second-order valence-electron chi connectivity index (χ2n) is 7.10. The van der Waals surface area contributed by atoms with Crippen LogP contribution in [0.5, 0.6) is 0 Å². The van der Waals surface area contributed by atoms with Crippen LogP contribution in [0.3, 0.4) is 0 Å². The summed E-state index contributed by atoms with van der Waals surface area (Å²) in [5.41, 5.74) is 2.21. The topological polar surface area (TPSA) is 87.3 Å². The summed E-state index contributed by atoms with van der Waals surface area (Å²) < 4.78 is 4.83. The molecule has 0 atom stereocenters. The average molecular weight is 366 g/mol. The van der Waals surface area contributed by atoms with Crippen LogP contribution < -0.4 is 9.80 Å². The maximum Gasteiger partial charge on any atom is 0.245 e. The first kappa shape index (κ1) is 16.4. The molecule has 5 heterocycles. The number of pyridine rings is 1. The summed E-state index contributed by atoms with van der Waals surface area (Å²) in [6.07, 6.45) is 6.13. The molecule has 3 aromatic heterocycles. The molecule has 2 fully saturated rings. The van der Waals surface area contributed by atoms with Crippen molar-refractivity contribution >= 4 is 22.9 Å². The molecule has 2 saturated heterocycles. The SMILES string of the molecule is c1cncc(CN2CCN(c3nc4nonc4nc3N3CCCC3)CC2)c1. The van der Waals surface area contributed by atoms with E-state index in [0.717, 1.165) is 57.4 Å². The van der Waals surface area contributed by atoms with E-state index in [1.54, 1.807) is 0 Å². The number of piperazine rings is 1. The quantitative estimate of drug-likeness (QED) is 0.678. The Morgan fingerprint density at radius 3 is 2.15 bits per heavy atom. The van der Waals surface area contributed by atoms with Crippen LogP contribution in [-0.2, 0) is 6.54 Å². The van der Waals surface area contributed by atoms with Crippen molar-refractivity contribution in [2.24, 2.45) is 0 Å². The van der Waals surface area contributed by atoms with Gasteiger partial charge in [0, 0.05) is 58.2 Å². The van der Waals surface area contributed by atoms with Crippen molar-refractivity contribution in [2.75, 3.05) is 49.1 Å². The van der Waals surface area contributed by atoms with Crippen LogP contribution in [0.4, 0.5) is 11.6 Å². The minimum atomic E-state index is 0.478. The predicted octanol–water partition coefficient (Wildman–Crippen LogP) is 1.33. The second-order valence-corrected chi connectivity index (χ2v) is 7.10. The van der Waals surface area contributed by atoms with Gasteiger partial charge in [0.15, 0.2) is 11.6 Å². The van der Waals surface area contributed by atoms with Crippen molar-refractivity contribution in [3.05, 3.63) is 30.1 Å². The summed E-state index contributed by atoms with van der Waals surface area (Å²) in [5.74, 6) is 1.82. The molecule has 9 heteroatoms. The molecule has 0 aliphatic carbocycles. The first-order valence-electron chi connectivity index (χ1n) is 9.48. The molecular weight excluding hydrogens is 344 g/mol. The zero-order valence-electron chi connectivity index (χ0n) is 15.2. The zero-order chi connectivity index (χ0) is 18.1. The van der Waals surface area contributed by atoms with Gasteiger partial charge in [0.25, 0.3) is 0 Å². The molecule has 9 nitrogen and oxygen atoms in total. The van der Waals surface area contributed by atoms with Crippen LogP contribution in [-0.4, -0.2) is 69.4 Å². The third-order valence-electron chi connectivity index (χ3n) is 5.28. The lowest BCUT2D eigenvalue weighted by Gasteiger charge is -2.36. The Hall–Kier alpha value is -2.81. The largest absolute Gasteiger partial charge is 0.353 e. The number of rotatable bonds is 4. The number of nitrogens with zero attached hydrogens (tertiary/aromatic N) is 8. The summed E-state index contributed by atoms with van der Waals surface area (Å²) in [4.78, 5) is 20.7. The monoisotopic (exact) mass is 366 g/mol. The standard InChI is InChI=1S/C18H22N8O/c1-2-7-25(6-1)17-18(21-16-15(20-17)22-27-23-16)26-10-8-24(9-11-26)13-14-4-3-5-19-12-14/h3-5,12H,1-2,6-11,13H2. The molecule has 0 aromatic carbocycles. The van der Waals surface area contributed by atoms with Gasteiger partial charge >= 0.3 is 0 Å². The fourth-order valence-electron chi connectivity index (χ4n) is 3.84. The van der Waals surface area contributed by atoms with Crippen LogP contribution in [0.2, 0.25) is 0 Å². The Labute approximate surface area is 157 Å². The molecule has 0 unspecified atom stereocenters. The molecule has 3 aromatic rings. The first-order valence-corrected chi connectivity index (χ1v) is 9.48. The van der Waals surface area contributed by atoms with Gasteiger partial charge in [-0.25, -0.2) is 14.6 Å². The molecule has 2 aliphatic rings. The third-order valence-corrected chi connectivity index (χ3v) is 5.28. The van der Waals surface area contributed by atoms with Crippen LogP contribution in [0.15, 0.2) is 29.2 Å². The van der Waals surface area contributed by atoms with E-state index < -0.39 is 0 Å². The Morgan fingerprint density at radius 1 is 0.852 bits per heavy atom. The molecule has 0 spiro atoms. The summed E-state index contributed by atoms with van der Waals surface area (Å²) in [5, 5.41) is 7.77. The summed E-state index contributed by atoms with van der Waals surface area (Å²) >= 11 is 0. The highest BCUT2D eigenvalue weighted by Crippen LogP contribution is 2.30. The minimum Gasteiger partial charge on any atom is -0.353 e. The lowest BCUT2D eigenvalue weighted by atomic mass is 10.2. The van der Waals surface area contributed by atoms with Crippen LogP contribution in [0.1, 0.15) is 18.4 Å². The van der Waals surface area contributed by atoms with Crippen molar-refractivity contribution in [3.63, 3.8) is 0 Å². The molecule has 0 amide bonds. The first-order chi connectivity index (χ1) is 13.4. The van der Waals surface area contributed by atoms with E-state index in [2.05, 4.69) is 36.1 Å². The number of aromatic nitrogens is 5. The van der Waals surface area contributed by atoms with E-state index in [1.165, 1.54) is 18.4 Å². The normalized spacial score (nSPS) is 18.5. The van der Waals surface area contributed by atoms with E-state index in [9.17, 15) is 0 Å². The smallest absolute Gasteiger partial charge is 0.245 e. The lowest BCUT2D eigenvalue weighted by molar-refractivity contribution is 0.249. The predicted molar refractivity (Wildman–Crippen MR) is 101 cm³/mol. The van der Waals surface area contributed by atoms with E-state index >= 15 is 0 Å². The van der Waals surface area contributed by atoms with Gasteiger partial charge in [-0.1, -0.05) is 6.07 Å². The van der Waals surface area contributed by atoms with Crippen LogP contribution >= 0.6 is 0 Å². The molecule has 0 saturated carbocycles. The van der Waals surface area contributed by atoms with E-state index in [4.69, 9.17) is 14.6 Å². The third kappa shape index (κ3) is 3.30. The van der Waals surface area contributed by atoms with Crippen molar-refractivity contribution in [1.82, 2.24) is 30.2 Å². The average Bonchev–Trinajstić information content (AvgIpc) is 3.40. The fraction of sp³-hybridized carbons (Fsp3) is 0.500. The van der Waals surface area contributed by atoms with Crippen molar-refractivity contribution < 1.29 is 4.63 Å². The van der Waals surface area contributed by atoms with Gasteiger partial charge in [-0.2, -0.15) is 0 Å². The van der Waals surface area contributed by atoms with Gasteiger partial charge in [-0.3, -0.25) is 9.88 Å². The molecule has 140 valence electrons. The van der Waals surface area contributed by atoms with E-state index in [-0.39, 0.29) is 0 Å². The van der Waals surface area contributed by atoms with Gasteiger partial charge in [0.2, 0.25) is 11.3 Å². The summed E-state index contributed by atoms with van der Waals surface area (Å²) in [6, 6.07) is 4.12. The number of hydrogen-bond donors (Lipinski definition) is 0. The van der Waals surface area contributed by atoms with E-state index in [1.807, 2.05) is 18.5 Å². The fourth-order valence-corrected chi connectivity index (χ4v) is 3.84. The molecular formula is C18H22N8O. The minimum absolute atomic E-state index is 0.478. The molecule has 27 heavy (non-hydrogen) atoms. The van der Waals surface area contributed by atoms with Crippen molar-refractivity contribution in [2.45, 2.75) is 19.4 Å². The number of fused-ring (bicyclic) bond motifs is 1. The molecule has 0 radical (unpaired) electrons. The van der Waals surface area contributed by atoms with Crippen LogP contribution in [0, 0.1) is 0 Å². The summed E-state index contributed by atoms with van der Waals surface area (Å²) in [7, 11) is 0. The molecule has 2 aliphatic heterocycles. The summed E-state index contributed by atoms with van der Waals surface area (Å²) in [6.45, 7) is 6.73. The van der Waals surface area contributed by atoms with Gasteiger partial charge < -0.3 is 9.80 Å². The van der Waals surface area contributed by atoms with Gasteiger partial charge in [0.05, 0.1) is 0 Å². The highest BCUT2D eigenvalue weighted by Gasteiger charge is 2.27. The number of anilines is 2.